The van der Waals surface area contributed by atoms with Gasteiger partial charge in [0.25, 0.3) is 0 Å². The minimum Gasteiger partial charge on any atom is -0.244 e. The van der Waals surface area contributed by atoms with Crippen molar-refractivity contribution in [3.05, 3.63) is 182 Å². The Kier molecular flexibility index (Phi) is 6.82. The molecule has 0 fully saturated rings. The number of hydrogen-bond donors (Lipinski definition) is 0. The molecule has 0 saturated carbocycles. The largest absolute Gasteiger partial charge is 0.244 e. The third-order valence-electron chi connectivity index (χ3n) is 10.7. The van der Waals surface area contributed by atoms with E-state index >= 15 is 0 Å². The van der Waals surface area contributed by atoms with Gasteiger partial charge in [-0.05, 0) is 71.7 Å². The SMILES string of the molecule is c1ccc(-c2nc(-c3c(-c4ccc5c6ccccc6c6ccccc6c5c4)ccc4ccccc34)nc(-c3nc4ccccc4c4ccccc34)n2)cc1. The van der Waals surface area contributed by atoms with Crippen molar-refractivity contribution >= 4 is 64.8 Å². The Morgan fingerprint density at radius 1 is 0.278 bits per heavy atom. The molecule has 0 saturated heterocycles. The summed E-state index contributed by atoms with van der Waals surface area (Å²) in [7, 11) is 0. The Balaban J connectivity index is 1.22. The lowest BCUT2D eigenvalue weighted by Crippen LogP contribution is -2.03. The zero-order chi connectivity index (χ0) is 35.6. The normalized spacial score (nSPS) is 11.7. The molecule has 11 rings (SSSR count). The molecule has 4 nitrogen and oxygen atoms in total. The van der Waals surface area contributed by atoms with Crippen LogP contribution in [0.2, 0.25) is 0 Å². The number of benzene rings is 9. The summed E-state index contributed by atoms with van der Waals surface area (Å²) < 4.78 is 0. The van der Waals surface area contributed by atoms with Crippen molar-refractivity contribution in [2.75, 3.05) is 0 Å². The lowest BCUT2D eigenvalue weighted by Gasteiger charge is -2.17. The van der Waals surface area contributed by atoms with Crippen molar-refractivity contribution in [3.8, 4) is 45.4 Å². The van der Waals surface area contributed by atoms with Gasteiger partial charge in [0.2, 0.25) is 0 Å². The van der Waals surface area contributed by atoms with Gasteiger partial charge in [0.15, 0.2) is 17.5 Å². The molecule has 0 spiro atoms. The summed E-state index contributed by atoms with van der Waals surface area (Å²) in [6.45, 7) is 0. The number of para-hydroxylation sites is 1. The molecule has 0 bridgehead atoms. The quantitative estimate of drug-likeness (QED) is 0.173. The fourth-order valence-corrected chi connectivity index (χ4v) is 8.21. The van der Waals surface area contributed by atoms with Crippen LogP contribution in [-0.2, 0) is 0 Å². The standard InChI is InChI=1S/C50H30N4/c1-2-15-32(16-3-1)48-52-49(54-50(53-48)47-43-24-11-10-22-40(43)42-23-12-13-25-45(42)51-47)46-34-17-5-4-14-31(34)26-28-35(46)33-27-29-41-38-20-7-6-18-36(38)37-19-8-9-21-39(37)44(41)30-33/h1-30H. The molecule has 0 aliphatic rings. The van der Waals surface area contributed by atoms with Gasteiger partial charge in [0, 0.05) is 21.9 Å². The molecule has 0 unspecified atom stereocenters. The summed E-state index contributed by atoms with van der Waals surface area (Å²) in [5, 5.41) is 12.9. The number of fused-ring (bicyclic) bond motifs is 10. The van der Waals surface area contributed by atoms with Crippen molar-refractivity contribution < 1.29 is 0 Å². The Labute approximate surface area is 311 Å². The first kappa shape index (κ1) is 30.3. The predicted octanol–water partition coefficient (Wildman–Crippen LogP) is 12.9. The third kappa shape index (κ3) is 4.78. The monoisotopic (exact) mass is 686 g/mol. The molecule has 0 aliphatic heterocycles. The summed E-state index contributed by atoms with van der Waals surface area (Å²) in [4.78, 5) is 21.0. The van der Waals surface area contributed by atoms with Gasteiger partial charge < -0.3 is 0 Å². The van der Waals surface area contributed by atoms with E-state index in [1.807, 2.05) is 24.3 Å². The molecular formula is C50H30N4. The Hall–Kier alpha value is -7.30. The van der Waals surface area contributed by atoms with E-state index in [0.717, 1.165) is 60.4 Å². The van der Waals surface area contributed by atoms with Crippen LogP contribution in [0.4, 0.5) is 0 Å². The number of rotatable bonds is 4. The molecule has 54 heavy (non-hydrogen) atoms. The molecule has 4 heteroatoms. The molecule has 0 N–H and O–H groups in total. The van der Waals surface area contributed by atoms with Crippen LogP contribution in [0.25, 0.3) is 110 Å². The molecular weight excluding hydrogens is 657 g/mol. The molecule has 11 aromatic rings. The average molecular weight is 687 g/mol. The minimum absolute atomic E-state index is 0.538. The summed E-state index contributed by atoms with van der Waals surface area (Å²) >= 11 is 0. The van der Waals surface area contributed by atoms with Gasteiger partial charge in [-0.15, -0.1) is 0 Å². The van der Waals surface area contributed by atoms with Gasteiger partial charge in [0.1, 0.15) is 5.69 Å². The highest BCUT2D eigenvalue weighted by molar-refractivity contribution is 6.26. The Morgan fingerprint density at radius 2 is 0.796 bits per heavy atom. The first-order valence-electron chi connectivity index (χ1n) is 18.2. The van der Waals surface area contributed by atoms with Crippen LogP contribution in [0.1, 0.15) is 0 Å². The van der Waals surface area contributed by atoms with E-state index in [0.29, 0.717) is 17.5 Å². The second kappa shape index (κ2) is 12.1. The lowest BCUT2D eigenvalue weighted by atomic mass is 9.89. The molecule has 0 aliphatic carbocycles. The minimum atomic E-state index is 0.538. The number of aromatic nitrogens is 4. The number of hydrogen-bond acceptors (Lipinski definition) is 4. The lowest BCUT2D eigenvalue weighted by molar-refractivity contribution is 1.07. The van der Waals surface area contributed by atoms with Crippen LogP contribution in [0.15, 0.2) is 182 Å². The molecule has 250 valence electrons. The van der Waals surface area contributed by atoms with Crippen LogP contribution in [0, 0.1) is 0 Å². The molecule has 9 aromatic carbocycles. The summed E-state index contributed by atoms with van der Waals surface area (Å²) in [6.07, 6.45) is 0. The van der Waals surface area contributed by atoms with Gasteiger partial charge in [-0.2, -0.15) is 0 Å². The van der Waals surface area contributed by atoms with Gasteiger partial charge in [0.05, 0.1) is 5.52 Å². The third-order valence-corrected chi connectivity index (χ3v) is 10.7. The van der Waals surface area contributed by atoms with Crippen molar-refractivity contribution in [1.29, 1.82) is 0 Å². The summed E-state index contributed by atoms with van der Waals surface area (Å²) in [5.74, 6) is 1.74. The first-order valence-corrected chi connectivity index (χ1v) is 18.2. The molecule has 0 radical (unpaired) electrons. The van der Waals surface area contributed by atoms with Gasteiger partial charge in [-0.1, -0.05) is 170 Å². The highest BCUT2D eigenvalue weighted by Crippen LogP contribution is 2.42. The number of nitrogens with zero attached hydrogens (tertiary/aromatic N) is 4. The van der Waals surface area contributed by atoms with E-state index in [1.54, 1.807) is 0 Å². The molecule has 2 heterocycles. The average Bonchev–Trinajstić information content (AvgIpc) is 3.25. The fourth-order valence-electron chi connectivity index (χ4n) is 8.21. The van der Waals surface area contributed by atoms with E-state index in [2.05, 4.69) is 158 Å². The van der Waals surface area contributed by atoms with Crippen molar-refractivity contribution in [1.82, 2.24) is 19.9 Å². The van der Waals surface area contributed by atoms with Crippen molar-refractivity contribution in [3.63, 3.8) is 0 Å². The topological polar surface area (TPSA) is 51.6 Å². The number of pyridine rings is 1. The van der Waals surface area contributed by atoms with Crippen LogP contribution in [-0.4, -0.2) is 19.9 Å². The fraction of sp³-hybridized carbons (Fsp3) is 0. The van der Waals surface area contributed by atoms with Crippen LogP contribution < -0.4 is 0 Å². The van der Waals surface area contributed by atoms with E-state index < -0.39 is 0 Å². The van der Waals surface area contributed by atoms with E-state index in [4.69, 9.17) is 19.9 Å². The molecule has 2 aromatic heterocycles. The summed E-state index contributed by atoms with van der Waals surface area (Å²) in [5.41, 5.74) is 5.66. The second-order valence-corrected chi connectivity index (χ2v) is 13.8. The van der Waals surface area contributed by atoms with E-state index in [9.17, 15) is 0 Å². The predicted molar refractivity (Wildman–Crippen MR) is 224 cm³/mol. The van der Waals surface area contributed by atoms with Crippen LogP contribution in [0.3, 0.4) is 0 Å². The maximum atomic E-state index is 5.36. The Morgan fingerprint density at radius 3 is 1.52 bits per heavy atom. The Bertz CT molecular complexity index is 3240. The van der Waals surface area contributed by atoms with E-state index in [1.165, 1.54) is 32.3 Å². The highest BCUT2D eigenvalue weighted by Gasteiger charge is 2.21. The van der Waals surface area contributed by atoms with Gasteiger partial charge >= 0.3 is 0 Å². The second-order valence-electron chi connectivity index (χ2n) is 13.8. The van der Waals surface area contributed by atoms with Crippen LogP contribution >= 0.6 is 0 Å². The maximum absolute atomic E-state index is 5.36. The van der Waals surface area contributed by atoms with E-state index in [-0.39, 0.29) is 0 Å². The molecule has 0 amide bonds. The summed E-state index contributed by atoms with van der Waals surface area (Å²) in [6, 6.07) is 64.0. The highest BCUT2D eigenvalue weighted by atomic mass is 15.0. The first-order chi connectivity index (χ1) is 26.8. The van der Waals surface area contributed by atoms with Crippen molar-refractivity contribution in [2.45, 2.75) is 0 Å². The maximum Gasteiger partial charge on any atom is 0.183 e. The van der Waals surface area contributed by atoms with Gasteiger partial charge in [-0.3, -0.25) is 0 Å². The van der Waals surface area contributed by atoms with Gasteiger partial charge in [-0.25, -0.2) is 19.9 Å². The van der Waals surface area contributed by atoms with Crippen molar-refractivity contribution in [2.24, 2.45) is 0 Å². The zero-order valence-electron chi connectivity index (χ0n) is 29.1. The van der Waals surface area contributed by atoms with Crippen LogP contribution in [0.5, 0.6) is 0 Å². The smallest absolute Gasteiger partial charge is 0.183 e. The zero-order valence-corrected chi connectivity index (χ0v) is 29.1. The molecule has 0 atom stereocenters.